The highest BCUT2D eigenvalue weighted by Crippen LogP contribution is 2.27. The molecular formula is C12H12ClN3. The van der Waals surface area contributed by atoms with Crippen LogP contribution in [0.1, 0.15) is 11.3 Å². The summed E-state index contributed by atoms with van der Waals surface area (Å²) in [6.45, 7) is 1.94. The second-order valence-electron chi connectivity index (χ2n) is 3.89. The van der Waals surface area contributed by atoms with Crippen molar-refractivity contribution in [2.24, 2.45) is 0 Å². The van der Waals surface area contributed by atoms with E-state index in [1.54, 1.807) is 0 Å². The Balaban J connectivity index is 2.93. The molecule has 0 spiro atoms. The number of nitrogens with zero attached hydrogens (tertiary/aromatic N) is 3. The van der Waals surface area contributed by atoms with Crippen LogP contribution in [0.4, 0.5) is 0 Å². The number of rotatable bonds is 1. The van der Waals surface area contributed by atoms with Crippen molar-refractivity contribution in [3.8, 4) is 6.07 Å². The molecule has 3 nitrogen and oxygen atoms in total. The second-order valence-corrected chi connectivity index (χ2v) is 4.33. The van der Waals surface area contributed by atoms with E-state index in [9.17, 15) is 5.26 Å². The van der Waals surface area contributed by atoms with E-state index in [1.807, 2.05) is 48.9 Å². The molecule has 0 saturated heterocycles. The summed E-state index contributed by atoms with van der Waals surface area (Å²) in [5, 5.41) is 12.7. The third-order valence-electron chi connectivity index (χ3n) is 2.65. The van der Waals surface area contributed by atoms with Crippen molar-refractivity contribution in [1.29, 1.82) is 5.26 Å². The van der Waals surface area contributed by atoms with Gasteiger partial charge in [-0.05, 0) is 25.1 Å². The lowest BCUT2D eigenvalue weighted by Crippen LogP contribution is -2.25. The third kappa shape index (κ3) is 1.43. The Kier molecular flexibility index (Phi) is 2.53. The summed E-state index contributed by atoms with van der Waals surface area (Å²) in [5.41, 5.74) is 2.62. The van der Waals surface area contributed by atoms with Crippen molar-refractivity contribution in [3.05, 3.63) is 34.5 Å². The van der Waals surface area contributed by atoms with E-state index in [2.05, 4.69) is 6.07 Å². The van der Waals surface area contributed by atoms with E-state index >= 15 is 0 Å². The first-order chi connectivity index (χ1) is 7.56. The smallest absolute Gasteiger partial charge is 0.102 e. The highest BCUT2D eigenvalue weighted by atomic mass is 35.5. The molecule has 1 aromatic carbocycles. The van der Waals surface area contributed by atoms with Crippen molar-refractivity contribution in [2.75, 3.05) is 19.1 Å². The van der Waals surface area contributed by atoms with Crippen LogP contribution < -0.4 is 5.01 Å². The lowest BCUT2D eigenvalue weighted by Gasteiger charge is -2.18. The molecule has 0 aliphatic rings. The van der Waals surface area contributed by atoms with Gasteiger partial charge in [-0.15, -0.1) is 0 Å². The average Bonchev–Trinajstić information content (AvgIpc) is 2.49. The summed E-state index contributed by atoms with van der Waals surface area (Å²) < 4.78 is 2.00. The molecule has 2 aromatic rings. The SMILES string of the molecule is Cc1c(C#N)c2cc(Cl)ccc2n1N(C)C. The first-order valence-corrected chi connectivity index (χ1v) is 5.32. The Hall–Kier alpha value is -1.66. The Morgan fingerprint density at radius 2 is 2.06 bits per heavy atom. The molecule has 0 N–H and O–H groups in total. The molecule has 0 radical (unpaired) electrons. The van der Waals surface area contributed by atoms with Crippen LogP contribution >= 0.6 is 11.6 Å². The summed E-state index contributed by atoms with van der Waals surface area (Å²) in [7, 11) is 3.89. The van der Waals surface area contributed by atoms with Gasteiger partial charge in [-0.2, -0.15) is 5.26 Å². The first-order valence-electron chi connectivity index (χ1n) is 4.94. The molecule has 1 aromatic heterocycles. The number of benzene rings is 1. The summed E-state index contributed by atoms with van der Waals surface area (Å²) in [5.74, 6) is 0. The van der Waals surface area contributed by atoms with E-state index in [0.29, 0.717) is 10.6 Å². The van der Waals surface area contributed by atoms with Crippen LogP contribution in [0.2, 0.25) is 5.02 Å². The van der Waals surface area contributed by atoms with Crippen LogP contribution in [-0.4, -0.2) is 18.8 Å². The first kappa shape index (κ1) is 10.8. The van der Waals surface area contributed by atoms with Gasteiger partial charge >= 0.3 is 0 Å². The predicted octanol–water partition coefficient (Wildman–Crippen LogP) is 2.67. The minimum Gasteiger partial charge on any atom is -0.319 e. The fraction of sp³-hybridized carbons (Fsp3) is 0.250. The molecule has 0 bridgehead atoms. The number of hydrogen-bond donors (Lipinski definition) is 0. The Morgan fingerprint density at radius 1 is 1.38 bits per heavy atom. The molecule has 0 aliphatic heterocycles. The molecule has 0 saturated carbocycles. The summed E-state index contributed by atoms with van der Waals surface area (Å²) >= 11 is 5.96. The van der Waals surface area contributed by atoms with Gasteiger partial charge in [0.25, 0.3) is 0 Å². The van der Waals surface area contributed by atoms with Crippen LogP contribution in [-0.2, 0) is 0 Å². The monoisotopic (exact) mass is 233 g/mol. The molecular weight excluding hydrogens is 222 g/mol. The number of aromatic nitrogens is 1. The highest BCUT2D eigenvalue weighted by Gasteiger charge is 2.14. The quantitative estimate of drug-likeness (QED) is 0.759. The summed E-state index contributed by atoms with van der Waals surface area (Å²) in [4.78, 5) is 0. The van der Waals surface area contributed by atoms with Gasteiger partial charge in [-0.25, -0.2) is 0 Å². The average molecular weight is 234 g/mol. The largest absolute Gasteiger partial charge is 0.319 e. The molecule has 0 fully saturated rings. The standard InChI is InChI=1S/C12H12ClN3/c1-8-11(7-14)10-6-9(13)4-5-12(10)16(8)15(2)3/h4-6H,1-3H3. The number of fused-ring (bicyclic) bond motifs is 1. The highest BCUT2D eigenvalue weighted by molar-refractivity contribution is 6.31. The van der Waals surface area contributed by atoms with Gasteiger partial charge in [0.1, 0.15) is 6.07 Å². The third-order valence-corrected chi connectivity index (χ3v) is 2.88. The van der Waals surface area contributed by atoms with Gasteiger partial charge in [-0.1, -0.05) is 11.6 Å². The van der Waals surface area contributed by atoms with Gasteiger partial charge in [0.2, 0.25) is 0 Å². The zero-order valence-corrected chi connectivity index (χ0v) is 10.2. The van der Waals surface area contributed by atoms with Crippen molar-refractivity contribution in [3.63, 3.8) is 0 Å². The van der Waals surface area contributed by atoms with E-state index in [4.69, 9.17) is 11.6 Å². The zero-order chi connectivity index (χ0) is 11.9. The maximum atomic E-state index is 9.18. The van der Waals surface area contributed by atoms with Crippen molar-refractivity contribution in [2.45, 2.75) is 6.92 Å². The Bertz CT molecular complexity index is 590. The van der Waals surface area contributed by atoms with Crippen LogP contribution in [0.15, 0.2) is 18.2 Å². The zero-order valence-electron chi connectivity index (χ0n) is 9.45. The molecule has 0 aliphatic carbocycles. The maximum absolute atomic E-state index is 9.18. The van der Waals surface area contributed by atoms with Crippen molar-refractivity contribution < 1.29 is 0 Å². The number of halogens is 1. The summed E-state index contributed by atoms with van der Waals surface area (Å²) in [6, 6.07) is 7.84. The van der Waals surface area contributed by atoms with E-state index < -0.39 is 0 Å². The molecule has 0 amide bonds. The molecule has 4 heteroatoms. The van der Waals surface area contributed by atoms with Crippen molar-refractivity contribution in [1.82, 2.24) is 4.68 Å². The molecule has 1 heterocycles. The predicted molar refractivity (Wildman–Crippen MR) is 66.5 cm³/mol. The van der Waals surface area contributed by atoms with Crippen LogP contribution in [0.5, 0.6) is 0 Å². The normalized spacial score (nSPS) is 10.4. The van der Waals surface area contributed by atoms with Gasteiger partial charge in [0.05, 0.1) is 16.8 Å². The Morgan fingerprint density at radius 3 is 2.62 bits per heavy atom. The lowest BCUT2D eigenvalue weighted by atomic mass is 10.1. The van der Waals surface area contributed by atoms with Crippen LogP contribution in [0.25, 0.3) is 10.9 Å². The van der Waals surface area contributed by atoms with E-state index in [0.717, 1.165) is 16.6 Å². The Labute approximate surface area is 99.4 Å². The van der Waals surface area contributed by atoms with Gasteiger partial charge in [0.15, 0.2) is 0 Å². The fourth-order valence-corrected chi connectivity index (χ4v) is 2.20. The number of hydrogen-bond acceptors (Lipinski definition) is 2. The van der Waals surface area contributed by atoms with E-state index in [-0.39, 0.29) is 0 Å². The topological polar surface area (TPSA) is 32.0 Å². The fourth-order valence-electron chi connectivity index (χ4n) is 2.03. The van der Waals surface area contributed by atoms with Crippen molar-refractivity contribution >= 4 is 22.5 Å². The van der Waals surface area contributed by atoms with Gasteiger partial charge in [-0.3, -0.25) is 4.68 Å². The minimum atomic E-state index is 0.653. The molecule has 2 rings (SSSR count). The van der Waals surface area contributed by atoms with Crippen LogP contribution in [0, 0.1) is 18.3 Å². The number of nitriles is 1. The molecule has 16 heavy (non-hydrogen) atoms. The van der Waals surface area contributed by atoms with Crippen LogP contribution in [0.3, 0.4) is 0 Å². The minimum absolute atomic E-state index is 0.653. The summed E-state index contributed by atoms with van der Waals surface area (Å²) in [6.07, 6.45) is 0. The van der Waals surface area contributed by atoms with Gasteiger partial charge in [0, 0.05) is 24.5 Å². The maximum Gasteiger partial charge on any atom is 0.102 e. The molecule has 0 atom stereocenters. The second kappa shape index (κ2) is 3.73. The van der Waals surface area contributed by atoms with E-state index in [1.165, 1.54) is 0 Å². The molecule has 82 valence electrons. The molecule has 0 unspecified atom stereocenters. The van der Waals surface area contributed by atoms with Gasteiger partial charge < -0.3 is 5.01 Å². The lowest BCUT2D eigenvalue weighted by molar-refractivity contribution is 0.737.